The lowest BCUT2D eigenvalue weighted by atomic mass is 9.90. The SMILES string of the molecule is CNC1CCC(N(C)C(=O)c2ccc(C)cc2Br)CC1. The van der Waals surface area contributed by atoms with Gasteiger partial charge in [-0.1, -0.05) is 6.07 Å². The van der Waals surface area contributed by atoms with Gasteiger partial charge in [0.25, 0.3) is 5.91 Å². The van der Waals surface area contributed by atoms with Gasteiger partial charge in [-0.3, -0.25) is 4.79 Å². The van der Waals surface area contributed by atoms with Crippen molar-refractivity contribution in [2.24, 2.45) is 0 Å². The van der Waals surface area contributed by atoms with Crippen molar-refractivity contribution >= 4 is 21.8 Å². The van der Waals surface area contributed by atoms with Crippen LogP contribution >= 0.6 is 15.9 Å². The quantitative estimate of drug-likeness (QED) is 0.916. The molecule has 1 aromatic rings. The van der Waals surface area contributed by atoms with Gasteiger partial charge >= 0.3 is 0 Å². The number of halogens is 1. The molecule has 1 amide bonds. The number of benzene rings is 1. The summed E-state index contributed by atoms with van der Waals surface area (Å²) in [6.07, 6.45) is 4.45. The van der Waals surface area contributed by atoms with E-state index in [0.29, 0.717) is 12.1 Å². The standard InChI is InChI=1S/C16H23BrN2O/c1-11-4-9-14(15(17)10-11)16(20)19(3)13-7-5-12(18-2)6-8-13/h4,9-10,12-13,18H,5-8H2,1-3H3. The number of carbonyl (C=O) groups is 1. The van der Waals surface area contributed by atoms with Crippen LogP contribution in [0.25, 0.3) is 0 Å². The Morgan fingerprint density at radius 3 is 2.50 bits per heavy atom. The average Bonchev–Trinajstić information content (AvgIpc) is 2.46. The van der Waals surface area contributed by atoms with Gasteiger partial charge < -0.3 is 10.2 Å². The van der Waals surface area contributed by atoms with Gasteiger partial charge in [-0.15, -0.1) is 0 Å². The van der Waals surface area contributed by atoms with Crippen molar-refractivity contribution in [3.8, 4) is 0 Å². The van der Waals surface area contributed by atoms with E-state index in [-0.39, 0.29) is 5.91 Å². The first-order valence-electron chi connectivity index (χ1n) is 7.23. The smallest absolute Gasteiger partial charge is 0.254 e. The first kappa shape index (κ1) is 15.5. The third-order valence-corrected chi connectivity index (χ3v) is 4.98. The number of nitrogens with zero attached hydrogens (tertiary/aromatic N) is 1. The summed E-state index contributed by atoms with van der Waals surface area (Å²) in [6.45, 7) is 2.03. The first-order valence-corrected chi connectivity index (χ1v) is 8.02. The summed E-state index contributed by atoms with van der Waals surface area (Å²) in [5.41, 5.74) is 1.92. The van der Waals surface area contributed by atoms with Crippen molar-refractivity contribution in [3.63, 3.8) is 0 Å². The fourth-order valence-corrected chi connectivity index (χ4v) is 3.56. The number of amides is 1. The second-order valence-electron chi connectivity index (χ2n) is 5.69. The molecule has 0 aliphatic heterocycles. The molecule has 2 rings (SSSR count). The molecule has 0 saturated heterocycles. The van der Waals surface area contributed by atoms with Crippen molar-refractivity contribution in [1.29, 1.82) is 0 Å². The van der Waals surface area contributed by atoms with E-state index in [0.717, 1.165) is 41.3 Å². The van der Waals surface area contributed by atoms with E-state index in [1.165, 1.54) is 0 Å². The zero-order chi connectivity index (χ0) is 14.7. The van der Waals surface area contributed by atoms with Crippen molar-refractivity contribution in [2.75, 3.05) is 14.1 Å². The van der Waals surface area contributed by atoms with Crippen molar-refractivity contribution < 1.29 is 4.79 Å². The Balaban J connectivity index is 2.05. The lowest BCUT2D eigenvalue weighted by Crippen LogP contribution is -2.42. The van der Waals surface area contributed by atoms with Crippen LogP contribution < -0.4 is 5.32 Å². The number of hydrogen-bond acceptors (Lipinski definition) is 2. The van der Waals surface area contributed by atoms with Gasteiger partial charge in [0.2, 0.25) is 0 Å². The maximum absolute atomic E-state index is 12.6. The predicted octanol–water partition coefficient (Wildman–Crippen LogP) is 3.36. The molecule has 1 N–H and O–H groups in total. The normalized spacial score (nSPS) is 22.6. The summed E-state index contributed by atoms with van der Waals surface area (Å²) in [4.78, 5) is 14.5. The fourth-order valence-electron chi connectivity index (χ4n) is 2.90. The first-order chi connectivity index (χ1) is 9.52. The van der Waals surface area contributed by atoms with Gasteiger partial charge in [0.1, 0.15) is 0 Å². The van der Waals surface area contributed by atoms with Gasteiger partial charge in [0.15, 0.2) is 0 Å². The maximum atomic E-state index is 12.6. The van der Waals surface area contributed by atoms with Gasteiger partial charge in [-0.2, -0.15) is 0 Å². The van der Waals surface area contributed by atoms with E-state index < -0.39 is 0 Å². The fraction of sp³-hybridized carbons (Fsp3) is 0.562. The molecule has 0 aromatic heterocycles. The largest absolute Gasteiger partial charge is 0.339 e. The molecule has 1 aliphatic rings. The minimum Gasteiger partial charge on any atom is -0.339 e. The molecular formula is C16H23BrN2O. The van der Waals surface area contributed by atoms with Crippen LogP contribution in [0.2, 0.25) is 0 Å². The zero-order valence-corrected chi connectivity index (χ0v) is 14.0. The summed E-state index contributed by atoms with van der Waals surface area (Å²) >= 11 is 3.50. The molecule has 0 unspecified atom stereocenters. The average molecular weight is 339 g/mol. The van der Waals surface area contributed by atoms with Gasteiger partial charge in [-0.25, -0.2) is 0 Å². The molecule has 0 bridgehead atoms. The van der Waals surface area contributed by atoms with Gasteiger partial charge in [0.05, 0.1) is 5.56 Å². The Bertz CT molecular complexity index is 481. The van der Waals surface area contributed by atoms with Gasteiger partial charge in [0, 0.05) is 23.6 Å². The van der Waals surface area contributed by atoms with E-state index in [2.05, 4.69) is 21.2 Å². The molecule has 3 nitrogen and oxygen atoms in total. The van der Waals surface area contributed by atoms with Crippen LogP contribution in [0.3, 0.4) is 0 Å². The second kappa shape index (κ2) is 6.72. The van der Waals surface area contributed by atoms with Crippen LogP contribution in [0, 0.1) is 6.92 Å². The molecule has 20 heavy (non-hydrogen) atoms. The highest BCUT2D eigenvalue weighted by atomic mass is 79.9. The zero-order valence-electron chi connectivity index (χ0n) is 12.4. The molecule has 0 atom stereocenters. The Kier molecular flexibility index (Phi) is 5.22. The molecule has 0 spiro atoms. The van der Waals surface area contributed by atoms with Crippen LogP contribution in [0.15, 0.2) is 22.7 Å². The number of aryl methyl sites for hydroxylation is 1. The van der Waals surface area contributed by atoms with Crippen molar-refractivity contribution in [3.05, 3.63) is 33.8 Å². The van der Waals surface area contributed by atoms with Crippen LogP contribution in [-0.4, -0.2) is 37.0 Å². The van der Waals surface area contributed by atoms with Crippen molar-refractivity contribution in [2.45, 2.75) is 44.7 Å². The Hall–Kier alpha value is -0.870. The van der Waals surface area contributed by atoms with E-state index in [1.54, 1.807) is 0 Å². The summed E-state index contributed by atoms with van der Waals surface area (Å²) < 4.78 is 0.887. The summed E-state index contributed by atoms with van der Waals surface area (Å²) in [7, 11) is 3.95. The highest BCUT2D eigenvalue weighted by Crippen LogP contribution is 2.25. The van der Waals surface area contributed by atoms with Crippen LogP contribution in [-0.2, 0) is 0 Å². The predicted molar refractivity (Wildman–Crippen MR) is 86.1 cm³/mol. The monoisotopic (exact) mass is 338 g/mol. The summed E-state index contributed by atoms with van der Waals surface area (Å²) in [6, 6.07) is 6.88. The van der Waals surface area contributed by atoms with E-state index >= 15 is 0 Å². The molecule has 1 aromatic carbocycles. The van der Waals surface area contributed by atoms with Crippen molar-refractivity contribution in [1.82, 2.24) is 10.2 Å². The lowest BCUT2D eigenvalue weighted by Gasteiger charge is -2.34. The number of rotatable bonds is 3. The third kappa shape index (κ3) is 3.41. The molecule has 1 aliphatic carbocycles. The minimum absolute atomic E-state index is 0.116. The number of hydrogen-bond donors (Lipinski definition) is 1. The molecular weight excluding hydrogens is 316 g/mol. The topological polar surface area (TPSA) is 32.3 Å². The number of nitrogens with one attached hydrogen (secondary N) is 1. The van der Waals surface area contributed by atoms with Crippen LogP contribution in [0.5, 0.6) is 0 Å². The summed E-state index contributed by atoms with van der Waals surface area (Å²) in [5, 5.41) is 3.33. The third-order valence-electron chi connectivity index (χ3n) is 4.33. The Morgan fingerprint density at radius 1 is 1.30 bits per heavy atom. The molecule has 4 heteroatoms. The molecule has 0 radical (unpaired) electrons. The van der Waals surface area contributed by atoms with Crippen LogP contribution in [0.4, 0.5) is 0 Å². The van der Waals surface area contributed by atoms with E-state index in [1.807, 2.05) is 44.1 Å². The molecule has 110 valence electrons. The maximum Gasteiger partial charge on any atom is 0.254 e. The molecule has 1 fully saturated rings. The minimum atomic E-state index is 0.116. The Morgan fingerprint density at radius 2 is 1.95 bits per heavy atom. The molecule has 1 saturated carbocycles. The Labute approximate surface area is 129 Å². The lowest BCUT2D eigenvalue weighted by molar-refractivity contribution is 0.0685. The second-order valence-corrected chi connectivity index (χ2v) is 6.55. The highest BCUT2D eigenvalue weighted by molar-refractivity contribution is 9.10. The van der Waals surface area contributed by atoms with E-state index in [4.69, 9.17) is 0 Å². The van der Waals surface area contributed by atoms with Gasteiger partial charge in [-0.05, 0) is 73.3 Å². The highest BCUT2D eigenvalue weighted by Gasteiger charge is 2.27. The molecule has 0 heterocycles. The van der Waals surface area contributed by atoms with Crippen LogP contribution in [0.1, 0.15) is 41.6 Å². The van der Waals surface area contributed by atoms with E-state index in [9.17, 15) is 4.79 Å². The number of carbonyl (C=O) groups excluding carboxylic acids is 1. The summed E-state index contributed by atoms with van der Waals surface area (Å²) in [5.74, 6) is 0.116.